The van der Waals surface area contributed by atoms with Crippen LogP contribution < -0.4 is 16.2 Å². The van der Waals surface area contributed by atoms with Crippen LogP contribution >= 0.6 is 23.2 Å². The molecule has 192 valence electrons. The first-order valence-corrected chi connectivity index (χ1v) is 12.7. The third kappa shape index (κ3) is 4.53. The number of rotatable bonds is 5. The van der Waals surface area contributed by atoms with Crippen LogP contribution in [0.3, 0.4) is 0 Å². The molecule has 1 aliphatic heterocycles. The summed E-state index contributed by atoms with van der Waals surface area (Å²) in [6.45, 7) is 6.07. The van der Waals surface area contributed by atoms with Crippen molar-refractivity contribution in [2.75, 3.05) is 17.7 Å². The van der Waals surface area contributed by atoms with Crippen LogP contribution in [0.5, 0.6) is 0 Å². The van der Waals surface area contributed by atoms with Gasteiger partial charge in [0.25, 0.3) is 11.5 Å². The van der Waals surface area contributed by atoms with Gasteiger partial charge in [-0.3, -0.25) is 9.59 Å². The van der Waals surface area contributed by atoms with Crippen molar-refractivity contribution in [3.63, 3.8) is 0 Å². The summed E-state index contributed by atoms with van der Waals surface area (Å²) in [6.07, 6.45) is 0.369. The summed E-state index contributed by atoms with van der Waals surface area (Å²) in [5.74, 6) is 0.787. The van der Waals surface area contributed by atoms with E-state index in [1.165, 1.54) is 0 Å². The Labute approximate surface area is 223 Å². The number of fused-ring (bicyclic) bond motifs is 2. The minimum Gasteiger partial charge on any atom is -0.370 e. The fourth-order valence-electron chi connectivity index (χ4n) is 4.57. The Balaban J connectivity index is 1.59. The summed E-state index contributed by atoms with van der Waals surface area (Å²) in [7, 11) is 1.76. The Bertz CT molecular complexity index is 1580. The number of carbonyl (C=O) groups excluding carboxylic acids is 1. The maximum Gasteiger partial charge on any atom is 0.263 e. The zero-order valence-corrected chi connectivity index (χ0v) is 22.3. The molecule has 0 saturated heterocycles. The number of aromatic nitrogens is 3. The number of hydrogen-bond donors (Lipinski definition) is 2. The number of carbonyl (C=O) groups is 1. The first-order chi connectivity index (χ1) is 17.7. The predicted molar refractivity (Wildman–Crippen MR) is 145 cm³/mol. The highest BCUT2D eigenvalue weighted by atomic mass is 35.5. The zero-order valence-electron chi connectivity index (χ0n) is 20.8. The molecule has 2 N–H and O–H groups in total. The van der Waals surface area contributed by atoms with E-state index in [9.17, 15) is 9.59 Å². The summed E-state index contributed by atoms with van der Waals surface area (Å²) in [6, 6.07) is 10.0. The number of nitrogens with one attached hydrogen (secondary N) is 2. The SMILES string of the molecule is CNc1noc2ccc(-n3c(NC(C)C)nc4c(c3=O)C[C@@H](C)N(C(=O)c3ccc(Cl)c(Cl)c3)C4)cc12. The second-order valence-corrected chi connectivity index (χ2v) is 10.2. The van der Waals surface area contributed by atoms with Crippen molar-refractivity contribution >= 4 is 51.8 Å². The summed E-state index contributed by atoms with van der Waals surface area (Å²) < 4.78 is 6.94. The Morgan fingerprint density at radius 1 is 1.16 bits per heavy atom. The van der Waals surface area contributed by atoms with E-state index in [0.29, 0.717) is 56.3 Å². The molecule has 0 fully saturated rings. The monoisotopic (exact) mass is 540 g/mol. The van der Waals surface area contributed by atoms with Crippen molar-refractivity contribution in [1.82, 2.24) is 19.6 Å². The maximum absolute atomic E-state index is 13.9. The molecule has 0 radical (unpaired) electrons. The van der Waals surface area contributed by atoms with E-state index in [4.69, 9.17) is 32.7 Å². The minimum atomic E-state index is -0.224. The summed E-state index contributed by atoms with van der Waals surface area (Å²) in [5.41, 5.74) is 2.65. The molecule has 1 amide bonds. The summed E-state index contributed by atoms with van der Waals surface area (Å²) >= 11 is 12.2. The molecule has 11 heteroatoms. The Morgan fingerprint density at radius 3 is 2.65 bits per heavy atom. The second-order valence-electron chi connectivity index (χ2n) is 9.38. The first-order valence-electron chi connectivity index (χ1n) is 11.9. The molecule has 9 nitrogen and oxygen atoms in total. The Kier molecular flexibility index (Phi) is 6.59. The number of halogens is 2. The van der Waals surface area contributed by atoms with Gasteiger partial charge in [0.1, 0.15) is 0 Å². The molecule has 0 unspecified atom stereocenters. The lowest BCUT2D eigenvalue weighted by atomic mass is 9.98. The van der Waals surface area contributed by atoms with Gasteiger partial charge in [0.05, 0.1) is 33.4 Å². The molecule has 2 aromatic heterocycles. The second kappa shape index (κ2) is 9.72. The smallest absolute Gasteiger partial charge is 0.263 e. The highest BCUT2D eigenvalue weighted by Crippen LogP contribution is 2.29. The Hall–Kier alpha value is -3.56. The standard InChI is InChI=1S/C26H26Cl2N6O3/c1-13(2)30-26-31-21-12-33(24(35)15-5-7-19(27)20(28)10-15)14(3)9-17(21)25(36)34(26)16-6-8-22-18(11-16)23(29-4)32-37-22/h5-8,10-11,13-14H,9,12H2,1-4H3,(H,29,32)(H,30,31)/t14-/m1/s1. The molecule has 0 bridgehead atoms. The van der Waals surface area contributed by atoms with Gasteiger partial charge in [-0.25, -0.2) is 9.55 Å². The van der Waals surface area contributed by atoms with Crippen LogP contribution in [0.15, 0.2) is 45.7 Å². The van der Waals surface area contributed by atoms with Gasteiger partial charge in [-0.1, -0.05) is 28.4 Å². The van der Waals surface area contributed by atoms with Crippen LogP contribution in [-0.4, -0.2) is 44.6 Å². The maximum atomic E-state index is 13.9. The van der Waals surface area contributed by atoms with Crippen molar-refractivity contribution in [2.45, 2.75) is 45.8 Å². The van der Waals surface area contributed by atoms with Crippen LogP contribution in [0.4, 0.5) is 11.8 Å². The normalized spacial score (nSPS) is 15.2. The molecule has 3 heterocycles. The molecule has 0 aliphatic carbocycles. The van der Waals surface area contributed by atoms with E-state index in [1.54, 1.807) is 46.8 Å². The van der Waals surface area contributed by atoms with Gasteiger partial charge in [0.15, 0.2) is 11.4 Å². The molecule has 1 atom stereocenters. The number of hydrogen-bond acceptors (Lipinski definition) is 7. The Morgan fingerprint density at radius 2 is 1.95 bits per heavy atom. The topological polar surface area (TPSA) is 105 Å². The number of amides is 1. The lowest BCUT2D eigenvalue weighted by molar-refractivity contribution is 0.0653. The van der Waals surface area contributed by atoms with Crippen molar-refractivity contribution in [3.8, 4) is 5.69 Å². The van der Waals surface area contributed by atoms with Crippen LogP contribution in [0.1, 0.15) is 42.4 Å². The largest absolute Gasteiger partial charge is 0.370 e. The molecule has 1 aliphatic rings. The predicted octanol–water partition coefficient (Wildman–Crippen LogP) is 5.13. The lowest BCUT2D eigenvalue weighted by Crippen LogP contribution is -2.46. The third-order valence-corrected chi connectivity index (χ3v) is 7.15. The zero-order chi connectivity index (χ0) is 26.4. The van der Waals surface area contributed by atoms with E-state index in [-0.39, 0.29) is 30.1 Å². The average molecular weight is 541 g/mol. The van der Waals surface area contributed by atoms with Gasteiger partial charge in [-0.05, 0) is 63.6 Å². The van der Waals surface area contributed by atoms with Crippen LogP contribution in [0.25, 0.3) is 16.7 Å². The van der Waals surface area contributed by atoms with Crippen molar-refractivity contribution < 1.29 is 9.32 Å². The molecular formula is C26H26Cl2N6O3. The van der Waals surface area contributed by atoms with Gasteiger partial charge in [-0.15, -0.1) is 0 Å². The lowest BCUT2D eigenvalue weighted by Gasteiger charge is -2.34. The number of benzene rings is 2. The number of anilines is 2. The number of nitrogens with zero attached hydrogens (tertiary/aromatic N) is 4. The van der Waals surface area contributed by atoms with E-state index >= 15 is 0 Å². The van der Waals surface area contributed by atoms with Gasteiger partial charge >= 0.3 is 0 Å². The molecule has 0 spiro atoms. The van der Waals surface area contributed by atoms with Crippen LogP contribution in [0, 0.1) is 0 Å². The highest BCUT2D eigenvalue weighted by Gasteiger charge is 2.32. The molecule has 2 aromatic carbocycles. The first kappa shape index (κ1) is 25.1. The van der Waals surface area contributed by atoms with E-state index in [2.05, 4.69) is 15.8 Å². The quantitative estimate of drug-likeness (QED) is 0.361. The van der Waals surface area contributed by atoms with Crippen molar-refractivity contribution in [1.29, 1.82) is 0 Å². The fraction of sp³-hybridized carbons (Fsp3) is 0.308. The molecular weight excluding hydrogens is 515 g/mol. The van der Waals surface area contributed by atoms with E-state index < -0.39 is 0 Å². The van der Waals surface area contributed by atoms with E-state index in [1.807, 2.05) is 26.8 Å². The van der Waals surface area contributed by atoms with Gasteiger partial charge in [0, 0.05) is 30.3 Å². The highest BCUT2D eigenvalue weighted by molar-refractivity contribution is 6.42. The fourth-order valence-corrected chi connectivity index (χ4v) is 4.86. The minimum absolute atomic E-state index is 0.0138. The van der Waals surface area contributed by atoms with Crippen LogP contribution in [-0.2, 0) is 13.0 Å². The third-order valence-electron chi connectivity index (χ3n) is 6.41. The molecule has 4 aromatic rings. The van der Waals surface area contributed by atoms with E-state index in [0.717, 1.165) is 5.39 Å². The van der Waals surface area contributed by atoms with Crippen LogP contribution in [0.2, 0.25) is 10.0 Å². The summed E-state index contributed by atoms with van der Waals surface area (Å²) in [5, 5.41) is 11.8. The van der Waals surface area contributed by atoms with Gasteiger partial charge in [0.2, 0.25) is 5.95 Å². The van der Waals surface area contributed by atoms with Crippen molar-refractivity contribution in [2.24, 2.45) is 0 Å². The van der Waals surface area contributed by atoms with Crippen molar-refractivity contribution in [3.05, 3.63) is 73.6 Å². The van der Waals surface area contributed by atoms with Gasteiger partial charge < -0.3 is 20.1 Å². The molecule has 37 heavy (non-hydrogen) atoms. The molecule has 0 saturated carbocycles. The van der Waals surface area contributed by atoms with Gasteiger partial charge in [-0.2, -0.15) is 0 Å². The summed E-state index contributed by atoms with van der Waals surface area (Å²) in [4.78, 5) is 33.8. The average Bonchev–Trinajstić information content (AvgIpc) is 3.27. The molecule has 5 rings (SSSR count).